The number of benzene rings is 1. The fourth-order valence-corrected chi connectivity index (χ4v) is 3.40. The Bertz CT molecular complexity index is 638. The van der Waals surface area contributed by atoms with Crippen LogP contribution in [0, 0.1) is 17.2 Å². The molecule has 2 unspecified atom stereocenters. The molecule has 0 bridgehead atoms. The van der Waals surface area contributed by atoms with Crippen LogP contribution in [0.15, 0.2) is 24.3 Å². The van der Waals surface area contributed by atoms with E-state index in [0.29, 0.717) is 6.54 Å². The molecule has 0 aromatic heterocycles. The lowest BCUT2D eigenvalue weighted by molar-refractivity contribution is -0.124. The average Bonchev–Trinajstić information content (AvgIpc) is 2.60. The molecule has 0 aliphatic heterocycles. The third kappa shape index (κ3) is 4.59. The number of hydrogen-bond acceptors (Lipinski definition) is 4. The molecule has 5 heteroatoms. The van der Waals surface area contributed by atoms with E-state index >= 15 is 0 Å². The zero-order valence-corrected chi connectivity index (χ0v) is 15.5. The van der Waals surface area contributed by atoms with Crippen molar-refractivity contribution in [1.82, 2.24) is 10.2 Å². The van der Waals surface area contributed by atoms with Crippen molar-refractivity contribution in [3.05, 3.63) is 35.4 Å². The summed E-state index contributed by atoms with van der Waals surface area (Å²) in [6.45, 7) is 6.23. The van der Waals surface area contributed by atoms with Crippen LogP contribution in [0.4, 0.5) is 0 Å². The van der Waals surface area contributed by atoms with E-state index in [1.807, 2.05) is 30.9 Å². The van der Waals surface area contributed by atoms with Crippen LogP contribution in [0.5, 0.6) is 0 Å². The summed E-state index contributed by atoms with van der Waals surface area (Å²) in [5.41, 5.74) is 1.69. The standard InChI is InChI=1S/C20H29N3O2/c1-15(2)20(3,14-21)22-19(25)13-23(11-12-24)18-10-6-8-16-7-4-5-9-17(16)18/h4-5,7,9,15,18,24H,6,8,10-13H2,1-3H3,(H,22,25). The van der Waals surface area contributed by atoms with Gasteiger partial charge in [0.05, 0.1) is 19.2 Å². The van der Waals surface area contributed by atoms with E-state index in [9.17, 15) is 15.2 Å². The quantitative estimate of drug-likeness (QED) is 0.797. The summed E-state index contributed by atoms with van der Waals surface area (Å²) in [6, 6.07) is 10.7. The number of nitrogens with one attached hydrogen (secondary N) is 1. The van der Waals surface area contributed by atoms with Gasteiger partial charge in [-0.1, -0.05) is 38.1 Å². The molecule has 2 atom stereocenters. The van der Waals surface area contributed by atoms with Gasteiger partial charge < -0.3 is 10.4 Å². The normalized spacial score (nSPS) is 19.2. The largest absolute Gasteiger partial charge is 0.395 e. The number of aryl methyl sites for hydroxylation is 1. The highest BCUT2D eigenvalue weighted by Crippen LogP contribution is 2.34. The van der Waals surface area contributed by atoms with Crippen molar-refractivity contribution in [3.63, 3.8) is 0 Å². The van der Waals surface area contributed by atoms with E-state index in [1.165, 1.54) is 11.1 Å². The predicted molar refractivity (Wildman–Crippen MR) is 97.8 cm³/mol. The Morgan fingerprint density at radius 1 is 1.48 bits per heavy atom. The Morgan fingerprint density at radius 2 is 2.20 bits per heavy atom. The van der Waals surface area contributed by atoms with Crippen LogP contribution >= 0.6 is 0 Å². The van der Waals surface area contributed by atoms with Gasteiger partial charge in [-0.25, -0.2) is 0 Å². The summed E-state index contributed by atoms with van der Waals surface area (Å²) in [5, 5.41) is 21.7. The van der Waals surface area contributed by atoms with Gasteiger partial charge in [0.1, 0.15) is 5.54 Å². The summed E-state index contributed by atoms with van der Waals surface area (Å²) < 4.78 is 0. The number of hydrogen-bond donors (Lipinski definition) is 2. The monoisotopic (exact) mass is 343 g/mol. The Morgan fingerprint density at radius 3 is 2.84 bits per heavy atom. The minimum absolute atomic E-state index is 0.00560. The van der Waals surface area contributed by atoms with E-state index in [2.05, 4.69) is 23.5 Å². The van der Waals surface area contributed by atoms with E-state index in [4.69, 9.17) is 0 Å². The molecule has 0 heterocycles. The lowest BCUT2D eigenvalue weighted by atomic mass is 9.86. The van der Waals surface area contributed by atoms with Crippen molar-refractivity contribution in [2.24, 2.45) is 5.92 Å². The van der Waals surface area contributed by atoms with Gasteiger partial charge in [0.2, 0.25) is 5.91 Å². The smallest absolute Gasteiger partial charge is 0.235 e. The second kappa shape index (κ2) is 8.46. The third-order valence-corrected chi connectivity index (χ3v) is 5.30. The number of aliphatic hydroxyl groups is 1. The molecule has 0 spiro atoms. The number of nitriles is 1. The predicted octanol–water partition coefficient (Wildman–Crippen LogP) is 2.41. The van der Waals surface area contributed by atoms with Gasteiger partial charge >= 0.3 is 0 Å². The number of nitrogens with zero attached hydrogens (tertiary/aromatic N) is 2. The Labute approximate surface area is 150 Å². The van der Waals surface area contributed by atoms with Crippen LogP contribution in [0.2, 0.25) is 0 Å². The van der Waals surface area contributed by atoms with Crippen LogP contribution in [0.25, 0.3) is 0 Å². The highest BCUT2D eigenvalue weighted by atomic mass is 16.3. The molecular formula is C20H29N3O2. The van der Waals surface area contributed by atoms with Gasteiger partial charge in [-0.15, -0.1) is 0 Å². The molecule has 5 nitrogen and oxygen atoms in total. The van der Waals surface area contributed by atoms with Crippen LogP contribution < -0.4 is 5.32 Å². The Kier molecular flexibility index (Phi) is 6.57. The van der Waals surface area contributed by atoms with Crippen LogP contribution in [-0.2, 0) is 11.2 Å². The summed E-state index contributed by atoms with van der Waals surface area (Å²) in [4.78, 5) is 14.6. The number of amides is 1. The second-order valence-corrected chi connectivity index (χ2v) is 7.32. The minimum atomic E-state index is -0.882. The lowest BCUT2D eigenvalue weighted by Crippen LogP contribution is -2.52. The Balaban J connectivity index is 2.14. The van der Waals surface area contributed by atoms with Crippen molar-refractivity contribution in [3.8, 4) is 6.07 Å². The maximum absolute atomic E-state index is 12.6. The van der Waals surface area contributed by atoms with Gasteiger partial charge in [0, 0.05) is 12.6 Å². The molecule has 0 saturated heterocycles. The first-order valence-electron chi connectivity index (χ1n) is 9.06. The molecule has 1 aromatic carbocycles. The van der Waals surface area contributed by atoms with Gasteiger partial charge in [-0.3, -0.25) is 9.69 Å². The van der Waals surface area contributed by atoms with E-state index in [-0.39, 0.29) is 31.0 Å². The average molecular weight is 343 g/mol. The number of fused-ring (bicyclic) bond motifs is 1. The molecule has 1 amide bonds. The van der Waals surface area contributed by atoms with E-state index < -0.39 is 5.54 Å². The number of carbonyl (C=O) groups excluding carboxylic acids is 1. The van der Waals surface area contributed by atoms with E-state index in [1.54, 1.807) is 6.92 Å². The first kappa shape index (κ1) is 19.4. The molecule has 1 aliphatic rings. The fraction of sp³-hybridized carbons (Fsp3) is 0.600. The molecular weight excluding hydrogens is 314 g/mol. The molecule has 0 radical (unpaired) electrons. The van der Waals surface area contributed by atoms with Crippen molar-refractivity contribution in [2.45, 2.75) is 51.6 Å². The molecule has 2 N–H and O–H groups in total. The number of carbonyl (C=O) groups is 1. The maximum atomic E-state index is 12.6. The van der Waals surface area contributed by atoms with Crippen molar-refractivity contribution >= 4 is 5.91 Å². The van der Waals surface area contributed by atoms with Crippen molar-refractivity contribution in [2.75, 3.05) is 19.7 Å². The first-order valence-corrected chi connectivity index (χ1v) is 9.06. The van der Waals surface area contributed by atoms with E-state index in [0.717, 1.165) is 19.3 Å². The lowest BCUT2D eigenvalue weighted by Gasteiger charge is -2.36. The van der Waals surface area contributed by atoms with Crippen LogP contribution in [0.1, 0.15) is 50.8 Å². The topological polar surface area (TPSA) is 76.4 Å². The number of aliphatic hydroxyl groups excluding tert-OH is 1. The van der Waals surface area contributed by atoms with Gasteiger partial charge in [-0.2, -0.15) is 5.26 Å². The highest BCUT2D eigenvalue weighted by molar-refractivity contribution is 5.79. The summed E-state index contributed by atoms with van der Waals surface area (Å²) in [7, 11) is 0. The van der Waals surface area contributed by atoms with Gasteiger partial charge in [-0.05, 0) is 43.2 Å². The summed E-state index contributed by atoms with van der Waals surface area (Å²) in [6.07, 6.45) is 3.11. The minimum Gasteiger partial charge on any atom is -0.395 e. The highest BCUT2D eigenvalue weighted by Gasteiger charge is 2.32. The van der Waals surface area contributed by atoms with Crippen molar-refractivity contribution in [1.29, 1.82) is 5.26 Å². The molecule has 1 aromatic rings. The van der Waals surface area contributed by atoms with Gasteiger partial charge in [0.25, 0.3) is 0 Å². The molecule has 2 rings (SSSR count). The molecule has 136 valence electrons. The Hall–Kier alpha value is -1.90. The van der Waals surface area contributed by atoms with Crippen LogP contribution in [-0.4, -0.2) is 41.1 Å². The second-order valence-electron chi connectivity index (χ2n) is 7.32. The zero-order chi connectivity index (χ0) is 18.4. The third-order valence-electron chi connectivity index (χ3n) is 5.30. The fourth-order valence-electron chi connectivity index (χ4n) is 3.40. The van der Waals surface area contributed by atoms with Gasteiger partial charge in [0.15, 0.2) is 0 Å². The zero-order valence-electron chi connectivity index (χ0n) is 15.5. The summed E-state index contributed by atoms with van der Waals surface area (Å²) >= 11 is 0. The van der Waals surface area contributed by atoms with Crippen molar-refractivity contribution < 1.29 is 9.90 Å². The SMILES string of the molecule is CC(C)C(C)(C#N)NC(=O)CN(CCO)C1CCCc2ccccc21. The molecule has 1 aliphatic carbocycles. The molecule has 25 heavy (non-hydrogen) atoms. The van der Waals surface area contributed by atoms with Crippen LogP contribution in [0.3, 0.4) is 0 Å². The number of rotatable bonds is 7. The maximum Gasteiger partial charge on any atom is 0.235 e. The first-order chi connectivity index (χ1) is 11.9. The molecule has 0 fully saturated rings. The summed E-state index contributed by atoms with van der Waals surface area (Å²) in [5.74, 6) is -0.155. The molecule has 0 saturated carbocycles.